The maximum atomic E-state index is 5.57. The molecule has 0 atom stereocenters. The van der Waals surface area contributed by atoms with Gasteiger partial charge in [-0.15, -0.1) is 0 Å². The van der Waals surface area contributed by atoms with Gasteiger partial charge >= 0.3 is 0 Å². The van der Waals surface area contributed by atoms with Crippen molar-refractivity contribution >= 4 is 5.96 Å². The molecule has 5 nitrogen and oxygen atoms in total. The van der Waals surface area contributed by atoms with E-state index in [0.29, 0.717) is 19.1 Å². The fourth-order valence-electron chi connectivity index (χ4n) is 2.15. The second kappa shape index (κ2) is 10.9. The number of benzene rings is 1. The van der Waals surface area contributed by atoms with Gasteiger partial charge < -0.3 is 19.7 Å². The molecule has 0 aliphatic heterocycles. The normalized spacial score (nSPS) is 11.7. The van der Waals surface area contributed by atoms with E-state index in [2.05, 4.69) is 41.2 Å². The second-order valence-electron chi connectivity index (χ2n) is 5.88. The van der Waals surface area contributed by atoms with Crippen molar-refractivity contribution in [3.8, 4) is 5.75 Å². The minimum atomic E-state index is 0.566. The van der Waals surface area contributed by atoms with Crippen LogP contribution in [0.1, 0.15) is 26.3 Å². The molecule has 0 bridgehead atoms. The van der Waals surface area contributed by atoms with Gasteiger partial charge in [0.2, 0.25) is 0 Å². The lowest BCUT2D eigenvalue weighted by Crippen LogP contribution is -2.40. The summed E-state index contributed by atoms with van der Waals surface area (Å²) >= 11 is 0. The molecule has 0 spiro atoms. The minimum absolute atomic E-state index is 0.566. The third kappa shape index (κ3) is 7.88. The summed E-state index contributed by atoms with van der Waals surface area (Å²) in [6, 6.07) is 8.17. The Balaban J connectivity index is 2.39. The summed E-state index contributed by atoms with van der Waals surface area (Å²) in [7, 11) is 3.83. The molecule has 0 unspecified atom stereocenters. The van der Waals surface area contributed by atoms with Gasteiger partial charge in [-0.3, -0.25) is 4.99 Å². The van der Waals surface area contributed by atoms with Gasteiger partial charge in [0, 0.05) is 33.8 Å². The number of aliphatic imine (C=N–C) groups is 1. The number of rotatable bonds is 9. The molecule has 1 aromatic rings. The standard InChI is InChI=1S/C18H31N3O2/c1-6-23-17-9-7-16(8-10-17)13-21(5)18(19-4)20-11-12-22-14-15(2)3/h7-10,15H,6,11-14H2,1-5H3,(H,19,20). The second-order valence-corrected chi connectivity index (χ2v) is 5.88. The lowest BCUT2D eigenvalue weighted by Gasteiger charge is -2.22. The topological polar surface area (TPSA) is 46.1 Å². The van der Waals surface area contributed by atoms with Crippen LogP contribution >= 0.6 is 0 Å². The summed E-state index contributed by atoms with van der Waals surface area (Å²) in [4.78, 5) is 6.41. The van der Waals surface area contributed by atoms with E-state index in [1.807, 2.05) is 26.1 Å². The Hall–Kier alpha value is -1.75. The van der Waals surface area contributed by atoms with Crippen molar-refractivity contribution in [3.05, 3.63) is 29.8 Å². The van der Waals surface area contributed by atoms with E-state index in [4.69, 9.17) is 9.47 Å². The van der Waals surface area contributed by atoms with Crippen molar-refractivity contribution in [2.45, 2.75) is 27.3 Å². The predicted molar refractivity (Wildman–Crippen MR) is 96.1 cm³/mol. The van der Waals surface area contributed by atoms with Crippen molar-refractivity contribution in [2.75, 3.05) is 40.5 Å². The molecule has 0 aliphatic carbocycles. The van der Waals surface area contributed by atoms with Gasteiger partial charge in [0.1, 0.15) is 5.75 Å². The predicted octanol–water partition coefficient (Wildman–Crippen LogP) is 2.77. The molecule has 1 rings (SSSR count). The lowest BCUT2D eigenvalue weighted by atomic mass is 10.2. The zero-order valence-electron chi connectivity index (χ0n) is 15.1. The fourth-order valence-corrected chi connectivity index (χ4v) is 2.15. The summed E-state index contributed by atoms with van der Waals surface area (Å²) in [5, 5.41) is 3.32. The van der Waals surface area contributed by atoms with Crippen LogP contribution in [0.2, 0.25) is 0 Å². The first-order valence-corrected chi connectivity index (χ1v) is 8.28. The smallest absolute Gasteiger partial charge is 0.193 e. The Kier molecular flexibility index (Phi) is 9.14. The van der Waals surface area contributed by atoms with Crippen molar-refractivity contribution < 1.29 is 9.47 Å². The highest BCUT2D eigenvalue weighted by Crippen LogP contribution is 2.13. The molecule has 0 aromatic heterocycles. The number of guanidine groups is 1. The SMILES string of the molecule is CCOc1ccc(CN(C)C(=NC)NCCOCC(C)C)cc1. The minimum Gasteiger partial charge on any atom is -0.494 e. The highest BCUT2D eigenvalue weighted by atomic mass is 16.5. The van der Waals surface area contributed by atoms with Crippen LogP contribution in [0.25, 0.3) is 0 Å². The third-order valence-corrected chi connectivity index (χ3v) is 3.21. The van der Waals surface area contributed by atoms with E-state index >= 15 is 0 Å². The van der Waals surface area contributed by atoms with E-state index in [0.717, 1.165) is 31.4 Å². The molecule has 0 fully saturated rings. The number of hydrogen-bond donors (Lipinski definition) is 1. The van der Waals surface area contributed by atoms with Crippen LogP contribution in [-0.4, -0.2) is 51.3 Å². The van der Waals surface area contributed by atoms with E-state index in [9.17, 15) is 0 Å². The van der Waals surface area contributed by atoms with Gasteiger partial charge in [-0.2, -0.15) is 0 Å². The van der Waals surface area contributed by atoms with Gasteiger partial charge in [0.25, 0.3) is 0 Å². The summed E-state index contributed by atoms with van der Waals surface area (Å²) in [5.41, 5.74) is 1.22. The number of ether oxygens (including phenoxy) is 2. The summed E-state index contributed by atoms with van der Waals surface area (Å²) < 4.78 is 11.0. The zero-order chi connectivity index (χ0) is 17.1. The van der Waals surface area contributed by atoms with Gasteiger partial charge in [-0.25, -0.2) is 0 Å². The summed E-state index contributed by atoms with van der Waals surface area (Å²) in [6.07, 6.45) is 0. The first-order valence-electron chi connectivity index (χ1n) is 8.28. The lowest BCUT2D eigenvalue weighted by molar-refractivity contribution is 0.114. The van der Waals surface area contributed by atoms with Gasteiger partial charge in [0.15, 0.2) is 5.96 Å². The average Bonchev–Trinajstić information content (AvgIpc) is 2.52. The molecule has 0 aliphatic rings. The Morgan fingerprint density at radius 3 is 2.52 bits per heavy atom. The van der Waals surface area contributed by atoms with Crippen LogP contribution in [0.5, 0.6) is 5.75 Å². The average molecular weight is 321 g/mol. The molecular formula is C18H31N3O2. The van der Waals surface area contributed by atoms with E-state index in [1.165, 1.54) is 5.56 Å². The van der Waals surface area contributed by atoms with Crippen molar-refractivity contribution in [2.24, 2.45) is 10.9 Å². The van der Waals surface area contributed by atoms with E-state index < -0.39 is 0 Å². The van der Waals surface area contributed by atoms with E-state index in [1.54, 1.807) is 7.05 Å². The Labute approximate surface area is 140 Å². The van der Waals surface area contributed by atoms with Crippen molar-refractivity contribution in [3.63, 3.8) is 0 Å². The third-order valence-electron chi connectivity index (χ3n) is 3.21. The largest absolute Gasteiger partial charge is 0.494 e. The van der Waals surface area contributed by atoms with Crippen LogP contribution in [-0.2, 0) is 11.3 Å². The Morgan fingerprint density at radius 2 is 1.96 bits per heavy atom. The number of nitrogens with zero attached hydrogens (tertiary/aromatic N) is 2. The molecule has 23 heavy (non-hydrogen) atoms. The molecular weight excluding hydrogens is 290 g/mol. The first kappa shape index (κ1) is 19.3. The van der Waals surface area contributed by atoms with Crippen molar-refractivity contribution in [1.82, 2.24) is 10.2 Å². The summed E-state index contributed by atoms with van der Waals surface area (Å²) in [5.74, 6) is 2.34. The summed E-state index contributed by atoms with van der Waals surface area (Å²) in [6.45, 7) is 10.0. The monoisotopic (exact) mass is 321 g/mol. The highest BCUT2D eigenvalue weighted by Gasteiger charge is 2.06. The molecule has 1 N–H and O–H groups in total. The van der Waals surface area contributed by atoms with Crippen molar-refractivity contribution in [1.29, 1.82) is 0 Å². The van der Waals surface area contributed by atoms with Crippen LogP contribution in [0.3, 0.4) is 0 Å². The molecule has 0 heterocycles. The Morgan fingerprint density at radius 1 is 1.26 bits per heavy atom. The molecule has 0 saturated carbocycles. The molecule has 1 aromatic carbocycles. The number of nitrogens with one attached hydrogen (secondary N) is 1. The maximum absolute atomic E-state index is 5.57. The highest BCUT2D eigenvalue weighted by molar-refractivity contribution is 5.79. The van der Waals surface area contributed by atoms with Gasteiger partial charge in [0.05, 0.1) is 13.2 Å². The Bertz CT molecular complexity index is 458. The van der Waals surface area contributed by atoms with Crippen LogP contribution in [0.15, 0.2) is 29.3 Å². The van der Waals surface area contributed by atoms with Crippen LogP contribution in [0, 0.1) is 5.92 Å². The van der Waals surface area contributed by atoms with Gasteiger partial charge in [-0.05, 0) is 30.5 Å². The quantitative estimate of drug-likeness (QED) is 0.431. The van der Waals surface area contributed by atoms with Crippen LogP contribution < -0.4 is 10.1 Å². The molecule has 5 heteroatoms. The van der Waals surface area contributed by atoms with E-state index in [-0.39, 0.29) is 0 Å². The molecule has 0 radical (unpaired) electrons. The molecule has 130 valence electrons. The first-order chi connectivity index (χ1) is 11.1. The van der Waals surface area contributed by atoms with Crippen LogP contribution in [0.4, 0.5) is 0 Å². The molecule has 0 amide bonds. The molecule has 0 saturated heterocycles. The zero-order valence-corrected chi connectivity index (χ0v) is 15.1. The number of hydrogen-bond acceptors (Lipinski definition) is 3. The van der Waals surface area contributed by atoms with Gasteiger partial charge in [-0.1, -0.05) is 26.0 Å². The fraction of sp³-hybridized carbons (Fsp3) is 0.611. The maximum Gasteiger partial charge on any atom is 0.193 e.